The zero-order valence-corrected chi connectivity index (χ0v) is 13.0. The van der Waals surface area contributed by atoms with Crippen LogP contribution in [0.2, 0.25) is 5.02 Å². The van der Waals surface area contributed by atoms with Gasteiger partial charge in [-0.05, 0) is 25.8 Å². The van der Waals surface area contributed by atoms with Crippen molar-refractivity contribution in [2.75, 3.05) is 0 Å². The first-order valence-corrected chi connectivity index (χ1v) is 7.94. The maximum absolute atomic E-state index is 12.2. The molecule has 4 nitrogen and oxygen atoms in total. The normalized spacial score (nSPS) is 15.7. The lowest BCUT2D eigenvalue weighted by molar-refractivity contribution is -0.129. The van der Waals surface area contributed by atoms with Crippen molar-refractivity contribution < 1.29 is 14.3 Å². The number of halogens is 1. The summed E-state index contributed by atoms with van der Waals surface area (Å²) in [6.45, 7) is 1.57. The van der Waals surface area contributed by atoms with Crippen molar-refractivity contribution in [1.82, 2.24) is 5.32 Å². The molecule has 0 saturated heterocycles. The highest BCUT2D eigenvalue weighted by atomic mass is 35.5. The lowest BCUT2D eigenvalue weighted by atomic mass is 10.2. The first-order valence-electron chi connectivity index (χ1n) is 6.74. The molecule has 1 saturated carbocycles. The number of thiophene rings is 1. The number of benzene rings is 1. The van der Waals surface area contributed by atoms with E-state index in [1.165, 1.54) is 11.3 Å². The van der Waals surface area contributed by atoms with Gasteiger partial charge in [-0.3, -0.25) is 4.79 Å². The second-order valence-corrected chi connectivity index (χ2v) is 6.50. The van der Waals surface area contributed by atoms with Gasteiger partial charge in [-0.25, -0.2) is 4.79 Å². The minimum absolute atomic E-state index is 0.242. The van der Waals surface area contributed by atoms with Crippen molar-refractivity contribution in [3.63, 3.8) is 0 Å². The summed E-state index contributed by atoms with van der Waals surface area (Å²) in [7, 11) is 0. The highest BCUT2D eigenvalue weighted by Crippen LogP contribution is 2.35. The number of nitrogens with one attached hydrogen (secondary N) is 1. The van der Waals surface area contributed by atoms with Crippen LogP contribution in [0.15, 0.2) is 24.3 Å². The van der Waals surface area contributed by atoms with Gasteiger partial charge in [0, 0.05) is 16.1 Å². The first kappa shape index (κ1) is 14.4. The predicted octanol–water partition coefficient (Wildman–Crippen LogP) is 3.38. The monoisotopic (exact) mass is 323 g/mol. The third kappa shape index (κ3) is 3.04. The third-order valence-corrected chi connectivity index (χ3v) is 4.95. The van der Waals surface area contributed by atoms with Crippen LogP contribution >= 0.6 is 22.9 Å². The number of carbonyl (C=O) groups excluding carboxylic acids is 2. The second kappa shape index (κ2) is 5.66. The molecule has 1 aromatic heterocycles. The number of amides is 1. The molecule has 1 atom stereocenters. The van der Waals surface area contributed by atoms with Crippen LogP contribution in [0.5, 0.6) is 0 Å². The average molecular weight is 324 g/mol. The minimum atomic E-state index is -0.820. The van der Waals surface area contributed by atoms with Crippen LogP contribution in [0.4, 0.5) is 0 Å². The lowest BCUT2D eigenvalue weighted by Gasteiger charge is -2.12. The summed E-state index contributed by atoms with van der Waals surface area (Å²) in [5.74, 6) is -0.817. The minimum Gasteiger partial charge on any atom is -0.448 e. The molecule has 1 N–H and O–H groups in total. The van der Waals surface area contributed by atoms with E-state index in [1.54, 1.807) is 6.92 Å². The van der Waals surface area contributed by atoms with Crippen molar-refractivity contribution >= 4 is 44.9 Å². The van der Waals surface area contributed by atoms with E-state index in [0.29, 0.717) is 9.90 Å². The fraction of sp³-hybridized carbons (Fsp3) is 0.333. The molecule has 1 amide bonds. The molecule has 1 aromatic carbocycles. The maximum atomic E-state index is 12.2. The van der Waals surface area contributed by atoms with Gasteiger partial charge in [0.15, 0.2) is 6.10 Å². The summed E-state index contributed by atoms with van der Waals surface area (Å²) in [6.07, 6.45) is 1.17. The van der Waals surface area contributed by atoms with Gasteiger partial charge in [0.2, 0.25) is 0 Å². The van der Waals surface area contributed by atoms with E-state index in [2.05, 4.69) is 5.32 Å². The zero-order valence-electron chi connectivity index (χ0n) is 11.4. The van der Waals surface area contributed by atoms with Crippen LogP contribution in [0.3, 0.4) is 0 Å². The van der Waals surface area contributed by atoms with Crippen LogP contribution in [0.1, 0.15) is 29.4 Å². The molecular weight excluding hydrogens is 310 g/mol. The topological polar surface area (TPSA) is 55.4 Å². The first-order chi connectivity index (χ1) is 10.1. The Labute approximate surface area is 131 Å². The fourth-order valence-electron chi connectivity index (χ4n) is 1.96. The van der Waals surface area contributed by atoms with E-state index in [-0.39, 0.29) is 11.9 Å². The smallest absolute Gasteiger partial charge is 0.350 e. The molecule has 21 heavy (non-hydrogen) atoms. The van der Waals surface area contributed by atoms with Crippen LogP contribution in [0.25, 0.3) is 10.1 Å². The molecule has 0 spiro atoms. The Hall–Kier alpha value is -1.59. The van der Waals surface area contributed by atoms with Gasteiger partial charge < -0.3 is 10.1 Å². The molecule has 1 unspecified atom stereocenters. The fourth-order valence-corrected chi connectivity index (χ4v) is 3.35. The number of carbonyl (C=O) groups is 2. The van der Waals surface area contributed by atoms with Gasteiger partial charge in [-0.1, -0.05) is 29.8 Å². The summed E-state index contributed by atoms with van der Waals surface area (Å²) in [5.41, 5.74) is 0. The summed E-state index contributed by atoms with van der Waals surface area (Å²) < 4.78 is 6.13. The van der Waals surface area contributed by atoms with Gasteiger partial charge in [0.05, 0.1) is 5.02 Å². The van der Waals surface area contributed by atoms with Crippen LogP contribution < -0.4 is 5.32 Å². The summed E-state index contributed by atoms with van der Waals surface area (Å²) in [6, 6.07) is 7.74. The summed E-state index contributed by atoms with van der Waals surface area (Å²) in [4.78, 5) is 24.3. The summed E-state index contributed by atoms with van der Waals surface area (Å²) >= 11 is 7.49. The predicted molar refractivity (Wildman–Crippen MR) is 82.9 cm³/mol. The molecule has 1 heterocycles. The molecule has 0 radical (unpaired) electrons. The number of rotatable bonds is 4. The number of esters is 1. The van der Waals surface area contributed by atoms with Gasteiger partial charge in [0.25, 0.3) is 5.91 Å². The largest absolute Gasteiger partial charge is 0.448 e. The quantitative estimate of drug-likeness (QED) is 0.878. The van der Waals surface area contributed by atoms with Gasteiger partial charge in [0.1, 0.15) is 4.88 Å². The van der Waals surface area contributed by atoms with Crippen LogP contribution in [-0.2, 0) is 9.53 Å². The Morgan fingerprint density at radius 3 is 2.76 bits per heavy atom. The molecule has 0 bridgehead atoms. The van der Waals surface area contributed by atoms with Crippen molar-refractivity contribution in [3.05, 3.63) is 34.2 Å². The number of ether oxygens (including phenoxy) is 1. The third-order valence-electron chi connectivity index (χ3n) is 3.30. The molecule has 1 aliphatic rings. The highest BCUT2D eigenvalue weighted by molar-refractivity contribution is 7.21. The Balaban J connectivity index is 1.74. The standard InChI is InChI=1S/C15H14ClNO3S/c1-8(14(18)17-9-6-7-9)20-15(19)13-12(16)10-4-2-3-5-11(10)21-13/h2-5,8-9H,6-7H2,1H3,(H,17,18). The van der Waals surface area contributed by atoms with Crippen molar-refractivity contribution in [3.8, 4) is 0 Å². The number of fused-ring (bicyclic) bond motifs is 1. The van der Waals surface area contributed by atoms with E-state index >= 15 is 0 Å². The van der Waals surface area contributed by atoms with Gasteiger partial charge >= 0.3 is 5.97 Å². The van der Waals surface area contributed by atoms with Gasteiger partial charge in [-0.15, -0.1) is 11.3 Å². The van der Waals surface area contributed by atoms with Crippen LogP contribution in [-0.4, -0.2) is 24.0 Å². The van der Waals surface area contributed by atoms with Crippen molar-refractivity contribution in [1.29, 1.82) is 0 Å². The van der Waals surface area contributed by atoms with E-state index in [1.807, 2.05) is 24.3 Å². The molecule has 2 aromatic rings. The molecule has 110 valence electrons. The van der Waals surface area contributed by atoms with Crippen LogP contribution in [0, 0.1) is 0 Å². The molecule has 1 aliphatic carbocycles. The van der Waals surface area contributed by atoms with Gasteiger partial charge in [-0.2, -0.15) is 0 Å². The average Bonchev–Trinajstić information content (AvgIpc) is 3.21. The molecule has 3 rings (SSSR count). The van der Waals surface area contributed by atoms with Crippen molar-refractivity contribution in [2.45, 2.75) is 31.9 Å². The number of hydrogen-bond donors (Lipinski definition) is 1. The Kier molecular flexibility index (Phi) is 3.87. The highest BCUT2D eigenvalue weighted by Gasteiger charge is 2.28. The maximum Gasteiger partial charge on any atom is 0.350 e. The Bertz CT molecular complexity index is 708. The molecule has 0 aliphatic heterocycles. The van der Waals surface area contributed by atoms with E-state index < -0.39 is 12.1 Å². The number of hydrogen-bond acceptors (Lipinski definition) is 4. The lowest BCUT2D eigenvalue weighted by Crippen LogP contribution is -2.36. The second-order valence-electron chi connectivity index (χ2n) is 5.07. The van der Waals surface area contributed by atoms with Crippen molar-refractivity contribution in [2.24, 2.45) is 0 Å². The van der Waals surface area contributed by atoms with E-state index in [0.717, 1.165) is 22.9 Å². The summed E-state index contributed by atoms with van der Waals surface area (Å²) in [5, 5.41) is 4.02. The zero-order chi connectivity index (χ0) is 15.0. The Morgan fingerprint density at radius 1 is 1.38 bits per heavy atom. The molecular formula is C15H14ClNO3S. The SMILES string of the molecule is CC(OC(=O)c1sc2ccccc2c1Cl)C(=O)NC1CC1. The van der Waals surface area contributed by atoms with E-state index in [9.17, 15) is 9.59 Å². The molecule has 6 heteroatoms. The van der Waals surface area contributed by atoms with E-state index in [4.69, 9.17) is 16.3 Å². The molecule has 1 fully saturated rings. The Morgan fingerprint density at radius 2 is 2.10 bits per heavy atom.